The highest BCUT2D eigenvalue weighted by Gasteiger charge is 2.22. The summed E-state index contributed by atoms with van der Waals surface area (Å²) in [5.41, 5.74) is 0.757. The molecule has 1 aromatic carbocycles. The van der Waals surface area contributed by atoms with Crippen LogP contribution in [0.1, 0.15) is 46.0 Å². The molecule has 3 nitrogen and oxygen atoms in total. The van der Waals surface area contributed by atoms with Gasteiger partial charge in [0.1, 0.15) is 0 Å². The minimum absolute atomic E-state index is 0.142. The molecule has 0 bridgehead atoms. The minimum atomic E-state index is -3.17. The van der Waals surface area contributed by atoms with Crippen molar-refractivity contribution in [3.63, 3.8) is 0 Å². The lowest BCUT2D eigenvalue weighted by molar-refractivity contribution is 0.328. The number of rotatable bonds is 5. The summed E-state index contributed by atoms with van der Waals surface area (Å²) in [6.07, 6.45) is 6.43. The molecule has 1 N–H and O–H groups in total. The van der Waals surface area contributed by atoms with Gasteiger partial charge in [0.15, 0.2) is 9.84 Å². The maximum Gasteiger partial charge on any atom is 0.180 e. The van der Waals surface area contributed by atoms with E-state index < -0.39 is 9.84 Å². The summed E-state index contributed by atoms with van der Waals surface area (Å²) >= 11 is 0. The summed E-state index contributed by atoms with van der Waals surface area (Å²) in [6, 6.07) is 7.59. The van der Waals surface area contributed by atoms with Crippen molar-refractivity contribution in [3.8, 4) is 0 Å². The Kier molecular flexibility index (Phi) is 5.08. The Hall–Kier alpha value is -1.03. The minimum Gasteiger partial charge on any atom is -0.381 e. The second-order valence-corrected chi connectivity index (χ2v) is 7.98. The van der Waals surface area contributed by atoms with Crippen molar-refractivity contribution in [2.75, 3.05) is 11.1 Å². The Labute approximate surface area is 122 Å². The maximum absolute atomic E-state index is 12.1. The van der Waals surface area contributed by atoms with E-state index >= 15 is 0 Å². The molecule has 1 atom stereocenters. The molecule has 2 rings (SSSR count). The van der Waals surface area contributed by atoms with Crippen LogP contribution in [0.2, 0.25) is 0 Å². The smallest absolute Gasteiger partial charge is 0.180 e. The van der Waals surface area contributed by atoms with Gasteiger partial charge in [0, 0.05) is 6.04 Å². The van der Waals surface area contributed by atoms with E-state index in [9.17, 15) is 8.42 Å². The van der Waals surface area contributed by atoms with Crippen molar-refractivity contribution in [2.45, 2.75) is 56.9 Å². The van der Waals surface area contributed by atoms with Gasteiger partial charge in [0.05, 0.1) is 16.3 Å². The van der Waals surface area contributed by atoms with Crippen molar-refractivity contribution < 1.29 is 8.42 Å². The van der Waals surface area contributed by atoms with E-state index in [2.05, 4.69) is 12.2 Å². The van der Waals surface area contributed by atoms with Crippen molar-refractivity contribution in [1.82, 2.24) is 0 Å². The van der Waals surface area contributed by atoms with Gasteiger partial charge in [0.2, 0.25) is 0 Å². The molecule has 1 aromatic rings. The molecule has 1 saturated carbocycles. The molecule has 1 unspecified atom stereocenters. The average molecular weight is 295 g/mol. The first kappa shape index (κ1) is 15.4. The van der Waals surface area contributed by atoms with Gasteiger partial charge in [-0.3, -0.25) is 0 Å². The first-order valence-corrected chi connectivity index (χ1v) is 9.28. The Morgan fingerprint density at radius 1 is 1.20 bits per heavy atom. The highest BCUT2D eigenvalue weighted by molar-refractivity contribution is 7.91. The van der Waals surface area contributed by atoms with Crippen LogP contribution in [0.5, 0.6) is 0 Å². The van der Waals surface area contributed by atoms with Crippen LogP contribution in [0.15, 0.2) is 29.2 Å². The first-order valence-electron chi connectivity index (χ1n) is 7.63. The Morgan fingerprint density at radius 3 is 2.50 bits per heavy atom. The Bertz CT molecular complexity index is 533. The number of benzene rings is 1. The second-order valence-electron chi connectivity index (χ2n) is 5.73. The molecule has 4 heteroatoms. The molecule has 0 aromatic heterocycles. The fraction of sp³-hybridized carbons (Fsp3) is 0.625. The number of para-hydroxylation sites is 1. The zero-order chi connectivity index (χ0) is 14.6. The van der Waals surface area contributed by atoms with Crippen molar-refractivity contribution in [3.05, 3.63) is 24.3 Å². The highest BCUT2D eigenvalue weighted by atomic mass is 32.2. The topological polar surface area (TPSA) is 46.2 Å². The summed E-state index contributed by atoms with van der Waals surface area (Å²) in [7, 11) is -3.17. The van der Waals surface area contributed by atoms with Crippen LogP contribution >= 0.6 is 0 Å². The Morgan fingerprint density at radius 2 is 1.85 bits per heavy atom. The molecule has 20 heavy (non-hydrogen) atoms. The van der Waals surface area contributed by atoms with E-state index in [0.717, 1.165) is 5.69 Å². The van der Waals surface area contributed by atoms with E-state index in [0.29, 0.717) is 16.9 Å². The number of anilines is 1. The highest BCUT2D eigenvalue weighted by Crippen LogP contribution is 2.30. The largest absolute Gasteiger partial charge is 0.381 e. The van der Waals surface area contributed by atoms with E-state index in [4.69, 9.17) is 0 Å². The molecule has 112 valence electrons. The average Bonchev–Trinajstić information content (AvgIpc) is 2.48. The first-order chi connectivity index (χ1) is 9.54. The van der Waals surface area contributed by atoms with Gasteiger partial charge in [-0.25, -0.2) is 8.42 Å². The van der Waals surface area contributed by atoms with Crippen LogP contribution < -0.4 is 5.32 Å². The van der Waals surface area contributed by atoms with Gasteiger partial charge in [0.25, 0.3) is 0 Å². The van der Waals surface area contributed by atoms with E-state index in [-0.39, 0.29) is 5.75 Å². The third-order valence-corrected chi connectivity index (χ3v) is 6.13. The number of nitrogens with one attached hydrogen (secondary N) is 1. The fourth-order valence-corrected chi connectivity index (χ4v) is 4.07. The Balaban J connectivity index is 2.17. The maximum atomic E-state index is 12.1. The number of hydrogen-bond acceptors (Lipinski definition) is 3. The van der Waals surface area contributed by atoms with Crippen molar-refractivity contribution >= 4 is 15.5 Å². The third-order valence-electron chi connectivity index (χ3n) is 4.34. The summed E-state index contributed by atoms with van der Waals surface area (Å²) in [5, 5.41) is 3.44. The molecular formula is C16H25NO2S. The third kappa shape index (κ3) is 3.54. The normalized spacial score (nSPS) is 18.7. The van der Waals surface area contributed by atoms with Gasteiger partial charge >= 0.3 is 0 Å². The molecule has 0 spiro atoms. The van der Waals surface area contributed by atoms with Crippen LogP contribution in [0.3, 0.4) is 0 Å². The SMILES string of the molecule is CCS(=O)(=O)c1ccccc1NC(C)C1CCCCC1. The molecular weight excluding hydrogens is 270 g/mol. The lowest BCUT2D eigenvalue weighted by Crippen LogP contribution is -2.28. The van der Waals surface area contributed by atoms with Crippen LogP contribution in [0, 0.1) is 5.92 Å². The standard InChI is InChI=1S/C16H25NO2S/c1-3-20(18,19)16-12-8-7-11-15(16)17-13(2)14-9-5-4-6-10-14/h7-8,11-14,17H,3-6,9-10H2,1-2H3. The van der Waals surface area contributed by atoms with Crippen LogP contribution in [-0.2, 0) is 9.84 Å². The lowest BCUT2D eigenvalue weighted by atomic mass is 9.84. The summed E-state index contributed by atoms with van der Waals surface area (Å²) < 4.78 is 24.3. The molecule has 1 aliphatic carbocycles. The molecule has 0 heterocycles. The predicted octanol–water partition coefficient (Wildman–Crippen LogP) is 3.86. The molecule has 0 aliphatic heterocycles. The van der Waals surface area contributed by atoms with Crippen LogP contribution in [0.4, 0.5) is 5.69 Å². The predicted molar refractivity (Wildman–Crippen MR) is 83.8 cm³/mol. The summed E-state index contributed by atoms with van der Waals surface area (Å²) in [5.74, 6) is 0.796. The van der Waals surface area contributed by atoms with Gasteiger partial charge in [-0.05, 0) is 37.8 Å². The molecule has 0 saturated heterocycles. The fourth-order valence-electron chi connectivity index (χ4n) is 3.01. The molecule has 1 fully saturated rings. The summed E-state index contributed by atoms with van der Waals surface area (Å²) in [4.78, 5) is 0.435. The molecule has 0 amide bonds. The quantitative estimate of drug-likeness (QED) is 0.897. The monoisotopic (exact) mass is 295 g/mol. The van der Waals surface area contributed by atoms with Gasteiger partial charge in [-0.15, -0.1) is 0 Å². The van der Waals surface area contributed by atoms with Crippen LogP contribution in [-0.4, -0.2) is 20.2 Å². The van der Waals surface area contributed by atoms with Gasteiger partial charge < -0.3 is 5.32 Å². The molecule has 0 radical (unpaired) electrons. The van der Waals surface area contributed by atoms with E-state index in [1.807, 2.05) is 12.1 Å². The van der Waals surface area contributed by atoms with E-state index in [1.54, 1.807) is 19.1 Å². The van der Waals surface area contributed by atoms with Crippen molar-refractivity contribution in [1.29, 1.82) is 0 Å². The van der Waals surface area contributed by atoms with Gasteiger partial charge in [-0.2, -0.15) is 0 Å². The van der Waals surface area contributed by atoms with Crippen LogP contribution in [0.25, 0.3) is 0 Å². The number of hydrogen-bond donors (Lipinski definition) is 1. The van der Waals surface area contributed by atoms with Gasteiger partial charge in [-0.1, -0.05) is 38.3 Å². The summed E-state index contributed by atoms with van der Waals surface area (Å²) in [6.45, 7) is 3.86. The number of sulfone groups is 1. The zero-order valence-electron chi connectivity index (χ0n) is 12.4. The second kappa shape index (κ2) is 6.61. The van der Waals surface area contributed by atoms with Crippen molar-refractivity contribution in [2.24, 2.45) is 5.92 Å². The van der Waals surface area contributed by atoms with E-state index in [1.165, 1.54) is 32.1 Å². The zero-order valence-corrected chi connectivity index (χ0v) is 13.2. The molecule has 1 aliphatic rings. The lowest BCUT2D eigenvalue weighted by Gasteiger charge is -2.29.